The maximum absolute atomic E-state index is 9.54. The van der Waals surface area contributed by atoms with Crippen molar-refractivity contribution in [2.75, 3.05) is 4.90 Å². The van der Waals surface area contributed by atoms with Crippen molar-refractivity contribution in [1.29, 1.82) is 5.41 Å². The number of allylic oxidation sites excluding steroid dienone is 5. The molecule has 3 aliphatic rings. The van der Waals surface area contributed by atoms with Crippen molar-refractivity contribution < 1.29 is 0 Å². The molecule has 0 saturated heterocycles. The third kappa shape index (κ3) is 6.47. The molecule has 280 valence electrons. The van der Waals surface area contributed by atoms with Gasteiger partial charge in [-0.1, -0.05) is 155 Å². The highest BCUT2D eigenvalue weighted by atomic mass is 15.1. The molecule has 1 aliphatic heterocycles. The smallest absolute Gasteiger partial charge is 0.0662 e. The molecular formula is C54H49N3. The van der Waals surface area contributed by atoms with Crippen LogP contribution in [0.5, 0.6) is 0 Å². The summed E-state index contributed by atoms with van der Waals surface area (Å²) in [6.07, 6.45) is 13.0. The fourth-order valence-corrected chi connectivity index (χ4v) is 9.05. The Labute approximate surface area is 338 Å². The molecule has 0 fully saturated rings. The van der Waals surface area contributed by atoms with Crippen LogP contribution >= 0.6 is 0 Å². The lowest BCUT2D eigenvalue weighted by Gasteiger charge is -2.32. The molecular weight excluding hydrogens is 691 g/mol. The third-order valence-corrected chi connectivity index (χ3v) is 12.3. The Kier molecular flexibility index (Phi) is 9.05. The molecule has 3 nitrogen and oxygen atoms in total. The first kappa shape index (κ1) is 36.2. The Morgan fingerprint density at radius 2 is 1.25 bits per heavy atom. The van der Waals surface area contributed by atoms with E-state index in [9.17, 15) is 5.41 Å². The van der Waals surface area contributed by atoms with Crippen molar-refractivity contribution in [3.63, 3.8) is 0 Å². The van der Waals surface area contributed by atoms with Gasteiger partial charge < -0.3 is 10.2 Å². The van der Waals surface area contributed by atoms with E-state index in [0.717, 1.165) is 69.1 Å². The fraction of sp³-hybridized carbons (Fsp3) is 0.167. The highest BCUT2D eigenvalue weighted by Crippen LogP contribution is 2.51. The number of nitrogens with one attached hydrogen (secondary N) is 2. The zero-order valence-electron chi connectivity index (χ0n) is 33.5. The van der Waals surface area contributed by atoms with Crippen molar-refractivity contribution in [3.05, 3.63) is 214 Å². The van der Waals surface area contributed by atoms with Crippen molar-refractivity contribution in [2.45, 2.75) is 58.3 Å². The second kappa shape index (κ2) is 14.2. The second-order valence-corrected chi connectivity index (χ2v) is 16.8. The zero-order chi connectivity index (χ0) is 39.3. The van der Waals surface area contributed by atoms with E-state index in [1.807, 2.05) is 6.07 Å². The molecule has 3 heteroatoms. The minimum absolute atomic E-state index is 0.0353. The summed E-state index contributed by atoms with van der Waals surface area (Å²) in [4.78, 5) is 2.41. The van der Waals surface area contributed by atoms with Crippen LogP contribution in [0.3, 0.4) is 0 Å². The molecule has 57 heavy (non-hydrogen) atoms. The number of benzene rings is 6. The Morgan fingerprint density at radius 1 is 0.614 bits per heavy atom. The van der Waals surface area contributed by atoms with Gasteiger partial charge in [0.1, 0.15) is 0 Å². The van der Waals surface area contributed by atoms with Crippen LogP contribution in [0.1, 0.15) is 85.5 Å². The standard InChI is InChI=1S/C54H49N3/c1-36(52-44-21-13-12-20-40(44)33-50(56-52)38-18-10-8-11-19-38)51(55)39-25-27-41(28-26-39)57(42-29-24-37-17-9-6-7-16-32-53(2,3)48(37)34-42)43-30-31-46-45-22-14-15-23-47(45)54(4,5)49(46)35-43/h6-16,18-31,33-35,55-56H,17,32H2,1-5H3/b9-6-,16-7-,52-36-,55-51?. The predicted octanol–water partition coefficient (Wildman–Crippen LogP) is 13.7. The van der Waals surface area contributed by atoms with Gasteiger partial charge in [-0.15, -0.1) is 0 Å². The van der Waals surface area contributed by atoms with E-state index < -0.39 is 0 Å². The first-order valence-electron chi connectivity index (χ1n) is 20.1. The van der Waals surface area contributed by atoms with E-state index >= 15 is 0 Å². The summed E-state index contributed by atoms with van der Waals surface area (Å²) in [6, 6.07) is 50.3. The molecule has 2 aliphatic carbocycles. The van der Waals surface area contributed by atoms with Gasteiger partial charge in [0.05, 0.1) is 11.4 Å². The van der Waals surface area contributed by atoms with E-state index in [2.05, 4.69) is 209 Å². The van der Waals surface area contributed by atoms with Crippen LogP contribution in [0.15, 0.2) is 169 Å². The summed E-state index contributed by atoms with van der Waals surface area (Å²) in [7, 11) is 0. The number of fused-ring (bicyclic) bond motifs is 5. The molecule has 0 amide bonds. The molecule has 0 spiro atoms. The minimum atomic E-state index is -0.121. The second-order valence-electron chi connectivity index (χ2n) is 16.8. The van der Waals surface area contributed by atoms with Gasteiger partial charge in [-0.25, -0.2) is 0 Å². The highest BCUT2D eigenvalue weighted by molar-refractivity contribution is 6.15. The SMILES string of the molecule is C/C(C(=N)c1ccc(N(c2ccc3c(c2)C(C)(C)C/C=C\C=C/C3)c2ccc3c(c2)C(C)(C)c2ccccc2-3)cc1)=C1/NC(c2ccccc2)=Cc2ccccc21. The molecule has 0 aromatic heterocycles. The molecule has 0 radical (unpaired) electrons. The lowest BCUT2D eigenvalue weighted by atomic mass is 9.78. The molecule has 2 N–H and O–H groups in total. The quantitative estimate of drug-likeness (QED) is 0.167. The summed E-state index contributed by atoms with van der Waals surface area (Å²) in [5, 5.41) is 13.3. The maximum atomic E-state index is 9.54. The average Bonchev–Trinajstić information content (AvgIpc) is 3.50. The molecule has 0 bridgehead atoms. The van der Waals surface area contributed by atoms with E-state index in [4.69, 9.17) is 0 Å². The normalized spacial score (nSPS) is 17.8. The monoisotopic (exact) mass is 739 g/mol. The third-order valence-electron chi connectivity index (χ3n) is 12.3. The van der Waals surface area contributed by atoms with Crippen molar-refractivity contribution in [1.82, 2.24) is 5.32 Å². The van der Waals surface area contributed by atoms with Gasteiger partial charge in [-0.2, -0.15) is 0 Å². The number of rotatable bonds is 6. The van der Waals surface area contributed by atoms with E-state index in [1.54, 1.807) is 0 Å². The fourth-order valence-electron chi connectivity index (χ4n) is 9.05. The molecule has 0 saturated carbocycles. The van der Waals surface area contributed by atoms with E-state index in [-0.39, 0.29) is 10.8 Å². The molecule has 6 aromatic rings. The Hall–Kier alpha value is -6.45. The van der Waals surface area contributed by atoms with Gasteiger partial charge in [0, 0.05) is 33.7 Å². The lowest BCUT2D eigenvalue weighted by molar-refractivity contribution is 0.530. The molecule has 9 rings (SSSR count). The number of nitrogens with zero attached hydrogens (tertiary/aromatic N) is 1. The lowest BCUT2D eigenvalue weighted by Crippen LogP contribution is -2.20. The van der Waals surface area contributed by atoms with Crippen molar-refractivity contribution in [2.24, 2.45) is 0 Å². The molecule has 1 heterocycles. The maximum Gasteiger partial charge on any atom is 0.0662 e. The summed E-state index contributed by atoms with van der Waals surface area (Å²) in [5.41, 5.74) is 18.9. The Morgan fingerprint density at radius 3 is 2.04 bits per heavy atom. The van der Waals surface area contributed by atoms with E-state index in [0.29, 0.717) is 5.71 Å². The van der Waals surface area contributed by atoms with Crippen LogP contribution in [0.4, 0.5) is 17.1 Å². The van der Waals surface area contributed by atoms with E-state index in [1.165, 1.54) is 33.4 Å². The summed E-state index contributed by atoms with van der Waals surface area (Å²) >= 11 is 0. The predicted molar refractivity (Wildman–Crippen MR) is 242 cm³/mol. The summed E-state index contributed by atoms with van der Waals surface area (Å²) < 4.78 is 0. The average molecular weight is 740 g/mol. The molecule has 6 aromatic carbocycles. The van der Waals surface area contributed by atoms with Crippen LogP contribution < -0.4 is 10.2 Å². The van der Waals surface area contributed by atoms with Gasteiger partial charge in [0.2, 0.25) is 0 Å². The van der Waals surface area contributed by atoms with Gasteiger partial charge in [-0.3, -0.25) is 5.41 Å². The number of hydrogen-bond acceptors (Lipinski definition) is 3. The van der Waals surface area contributed by atoms with Crippen molar-refractivity contribution >= 4 is 40.2 Å². The van der Waals surface area contributed by atoms with Crippen molar-refractivity contribution in [3.8, 4) is 11.1 Å². The van der Waals surface area contributed by atoms with Crippen LogP contribution in [-0.4, -0.2) is 5.71 Å². The van der Waals surface area contributed by atoms with Crippen LogP contribution in [0.2, 0.25) is 0 Å². The van der Waals surface area contributed by atoms with Gasteiger partial charge >= 0.3 is 0 Å². The van der Waals surface area contributed by atoms with Crippen LogP contribution in [0, 0.1) is 5.41 Å². The zero-order valence-corrected chi connectivity index (χ0v) is 33.5. The molecule has 0 atom stereocenters. The topological polar surface area (TPSA) is 39.1 Å². The minimum Gasteiger partial charge on any atom is -0.354 e. The van der Waals surface area contributed by atoms with Gasteiger partial charge in [-0.05, 0) is 123 Å². The number of anilines is 3. The largest absolute Gasteiger partial charge is 0.354 e. The van der Waals surface area contributed by atoms with Crippen LogP contribution in [0.25, 0.3) is 28.6 Å². The van der Waals surface area contributed by atoms with Crippen LogP contribution in [-0.2, 0) is 17.3 Å². The Bertz CT molecular complexity index is 2670. The first-order valence-corrected chi connectivity index (χ1v) is 20.1. The van der Waals surface area contributed by atoms with Gasteiger partial charge in [0.15, 0.2) is 0 Å². The molecule has 0 unspecified atom stereocenters. The summed E-state index contributed by atoms with van der Waals surface area (Å²) in [5.74, 6) is 0. The highest BCUT2D eigenvalue weighted by Gasteiger charge is 2.36. The summed E-state index contributed by atoms with van der Waals surface area (Å²) in [6.45, 7) is 11.5. The Balaban J connectivity index is 1.13. The number of hydrogen-bond donors (Lipinski definition) is 2. The van der Waals surface area contributed by atoms with Gasteiger partial charge in [0.25, 0.3) is 0 Å². The first-order chi connectivity index (χ1) is 27.6.